The summed E-state index contributed by atoms with van der Waals surface area (Å²) in [5.74, 6) is -2.09. The Hall–Kier alpha value is -2.83. The molecule has 12 heteroatoms. The van der Waals surface area contributed by atoms with Crippen LogP contribution in [-0.4, -0.2) is 76.6 Å². The maximum absolute atomic E-state index is 13.3. The van der Waals surface area contributed by atoms with Gasteiger partial charge in [0.2, 0.25) is 17.7 Å². The highest BCUT2D eigenvalue weighted by molar-refractivity contribution is 7.98. The molecule has 4 atom stereocenters. The SMILES string of the molecule is CSCCC(N)C(=O)NC(CC(C)C)C(=O)NC(Cc1ccc(O)cc1)C(=O)NC(CCCCN)C(=O)O. The lowest BCUT2D eigenvalue weighted by Crippen LogP contribution is -2.57. The summed E-state index contributed by atoms with van der Waals surface area (Å²) >= 11 is 1.56. The van der Waals surface area contributed by atoms with E-state index >= 15 is 0 Å². The molecule has 9 N–H and O–H groups in total. The Bertz CT molecular complexity index is 899. The molecule has 0 spiro atoms. The monoisotopic (exact) mass is 553 g/mol. The fraction of sp³-hybridized carbons (Fsp3) is 0.615. The van der Waals surface area contributed by atoms with Gasteiger partial charge >= 0.3 is 5.97 Å². The molecular weight excluding hydrogens is 510 g/mol. The van der Waals surface area contributed by atoms with Gasteiger partial charge in [-0.1, -0.05) is 26.0 Å². The zero-order chi connectivity index (χ0) is 28.7. The number of thioether (sulfide) groups is 1. The van der Waals surface area contributed by atoms with Crippen molar-refractivity contribution in [1.29, 1.82) is 0 Å². The van der Waals surface area contributed by atoms with Gasteiger partial charge in [0.15, 0.2) is 0 Å². The number of carboxylic acids is 1. The highest BCUT2D eigenvalue weighted by Gasteiger charge is 2.30. The minimum atomic E-state index is -1.19. The van der Waals surface area contributed by atoms with Crippen LogP contribution in [0.15, 0.2) is 24.3 Å². The van der Waals surface area contributed by atoms with Gasteiger partial charge in [-0.15, -0.1) is 0 Å². The van der Waals surface area contributed by atoms with Crippen LogP contribution in [-0.2, 0) is 25.6 Å². The predicted molar refractivity (Wildman–Crippen MR) is 149 cm³/mol. The number of phenols is 1. The first-order chi connectivity index (χ1) is 18.0. The molecule has 0 radical (unpaired) electrons. The van der Waals surface area contributed by atoms with E-state index in [-0.39, 0.29) is 24.5 Å². The summed E-state index contributed by atoms with van der Waals surface area (Å²) in [6.07, 6.45) is 4.05. The molecule has 0 fully saturated rings. The number of carboxylic acid groups (broad SMARTS) is 1. The zero-order valence-electron chi connectivity index (χ0n) is 22.4. The van der Waals surface area contributed by atoms with Crippen molar-refractivity contribution in [3.8, 4) is 5.75 Å². The van der Waals surface area contributed by atoms with Crippen LogP contribution in [0.3, 0.4) is 0 Å². The summed E-state index contributed by atoms with van der Waals surface area (Å²) in [7, 11) is 0. The molecule has 214 valence electrons. The van der Waals surface area contributed by atoms with Gasteiger partial charge in [0, 0.05) is 6.42 Å². The van der Waals surface area contributed by atoms with Crippen LogP contribution in [0, 0.1) is 5.92 Å². The Morgan fingerprint density at radius 1 is 0.895 bits per heavy atom. The number of amides is 3. The van der Waals surface area contributed by atoms with E-state index in [2.05, 4.69) is 16.0 Å². The molecular formula is C26H43N5O6S. The van der Waals surface area contributed by atoms with Gasteiger partial charge in [0.05, 0.1) is 6.04 Å². The summed E-state index contributed by atoms with van der Waals surface area (Å²) in [4.78, 5) is 50.9. The zero-order valence-corrected chi connectivity index (χ0v) is 23.3. The van der Waals surface area contributed by atoms with Gasteiger partial charge in [-0.2, -0.15) is 11.8 Å². The molecule has 0 saturated heterocycles. The van der Waals surface area contributed by atoms with E-state index in [9.17, 15) is 29.4 Å². The summed E-state index contributed by atoms with van der Waals surface area (Å²) in [5, 5.41) is 27.1. The number of hydrogen-bond acceptors (Lipinski definition) is 8. The van der Waals surface area contributed by atoms with Crippen LogP contribution in [0.1, 0.15) is 51.5 Å². The van der Waals surface area contributed by atoms with Crippen LogP contribution >= 0.6 is 11.8 Å². The second kappa shape index (κ2) is 17.6. The van der Waals surface area contributed by atoms with Crippen molar-refractivity contribution in [2.45, 2.75) is 76.5 Å². The average Bonchev–Trinajstić information content (AvgIpc) is 2.86. The fourth-order valence-electron chi connectivity index (χ4n) is 3.73. The van der Waals surface area contributed by atoms with Crippen LogP contribution in [0.2, 0.25) is 0 Å². The molecule has 1 aromatic carbocycles. The summed E-state index contributed by atoms with van der Waals surface area (Å²) in [5.41, 5.74) is 12.1. The van der Waals surface area contributed by atoms with Crippen molar-refractivity contribution in [2.24, 2.45) is 17.4 Å². The molecule has 38 heavy (non-hydrogen) atoms. The van der Waals surface area contributed by atoms with Gasteiger partial charge in [-0.05, 0) is 74.3 Å². The van der Waals surface area contributed by atoms with Gasteiger partial charge < -0.3 is 37.6 Å². The topological polar surface area (TPSA) is 197 Å². The number of rotatable bonds is 18. The number of aromatic hydroxyl groups is 1. The van der Waals surface area contributed by atoms with Crippen molar-refractivity contribution in [3.05, 3.63) is 29.8 Å². The smallest absolute Gasteiger partial charge is 0.326 e. The Labute approximate surface area is 228 Å². The molecule has 0 bridgehead atoms. The molecule has 0 aromatic heterocycles. The Morgan fingerprint density at radius 3 is 2.03 bits per heavy atom. The number of nitrogens with two attached hydrogens (primary N) is 2. The maximum Gasteiger partial charge on any atom is 0.326 e. The molecule has 0 aliphatic heterocycles. The highest BCUT2D eigenvalue weighted by Crippen LogP contribution is 2.13. The molecule has 1 aromatic rings. The number of aliphatic carboxylic acids is 1. The molecule has 0 aliphatic rings. The molecule has 0 aliphatic carbocycles. The molecule has 4 unspecified atom stereocenters. The predicted octanol–water partition coefficient (Wildman–Crippen LogP) is 0.729. The van der Waals surface area contributed by atoms with Crippen molar-refractivity contribution in [1.82, 2.24) is 16.0 Å². The van der Waals surface area contributed by atoms with E-state index in [4.69, 9.17) is 11.5 Å². The summed E-state index contributed by atoms with van der Waals surface area (Å²) in [6, 6.07) is 2.15. The first kappa shape index (κ1) is 33.2. The fourth-order valence-corrected chi connectivity index (χ4v) is 4.22. The van der Waals surface area contributed by atoms with E-state index in [0.717, 1.165) is 0 Å². The third kappa shape index (κ3) is 12.6. The number of benzene rings is 1. The maximum atomic E-state index is 13.3. The first-order valence-electron chi connectivity index (χ1n) is 12.8. The van der Waals surface area contributed by atoms with Crippen molar-refractivity contribution < 1.29 is 29.4 Å². The minimum absolute atomic E-state index is 0.0437. The largest absolute Gasteiger partial charge is 0.508 e. The van der Waals surface area contributed by atoms with Crippen molar-refractivity contribution in [3.63, 3.8) is 0 Å². The number of carbonyl (C=O) groups excluding carboxylic acids is 3. The minimum Gasteiger partial charge on any atom is -0.508 e. The van der Waals surface area contributed by atoms with Gasteiger partial charge in [-0.25, -0.2) is 4.79 Å². The number of nitrogens with one attached hydrogen (secondary N) is 3. The van der Waals surface area contributed by atoms with Crippen molar-refractivity contribution in [2.75, 3.05) is 18.6 Å². The quantitative estimate of drug-likeness (QED) is 0.128. The molecule has 1 rings (SSSR count). The van der Waals surface area contributed by atoms with Gasteiger partial charge in [0.1, 0.15) is 23.9 Å². The van der Waals surface area contributed by atoms with E-state index in [1.807, 2.05) is 20.1 Å². The molecule has 0 heterocycles. The molecule has 11 nitrogen and oxygen atoms in total. The number of phenolic OH excluding ortho intramolecular Hbond substituents is 1. The van der Waals surface area contributed by atoms with E-state index in [1.54, 1.807) is 23.9 Å². The normalized spacial score (nSPS) is 14.3. The average molecular weight is 554 g/mol. The highest BCUT2D eigenvalue weighted by atomic mass is 32.2. The third-order valence-corrected chi connectivity index (χ3v) is 6.52. The summed E-state index contributed by atoms with van der Waals surface area (Å²) < 4.78 is 0. The van der Waals surface area contributed by atoms with E-state index < -0.39 is 47.9 Å². The van der Waals surface area contributed by atoms with Crippen LogP contribution in [0.4, 0.5) is 0 Å². The Morgan fingerprint density at radius 2 is 1.47 bits per heavy atom. The lowest BCUT2D eigenvalue weighted by molar-refractivity contribution is -0.142. The molecule has 3 amide bonds. The van der Waals surface area contributed by atoms with E-state index in [0.29, 0.717) is 43.5 Å². The second-order valence-electron chi connectivity index (χ2n) is 9.69. The van der Waals surface area contributed by atoms with Crippen molar-refractivity contribution >= 4 is 35.5 Å². The second-order valence-corrected chi connectivity index (χ2v) is 10.7. The van der Waals surface area contributed by atoms with Crippen LogP contribution in [0.5, 0.6) is 5.75 Å². The number of carbonyl (C=O) groups is 4. The Balaban J connectivity index is 3.11. The van der Waals surface area contributed by atoms with Gasteiger partial charge in [-0.3, -0.25) is 14.4 Å². The first-order valence-corrected chi connectivity index (χ1v) is 14.2. The van der Waals surface area contributed by atoms with E-state index in [1.165, 1.54) is 12.1 Å². The van der Waals surface area contributed by atoms with Crippen LogP contribution < -0.4 is 27.4 Å². The lowest BCUT2D eigenvalue weighted by Gasteiger charge is -2.26. The van der Waals surface area contributed by atoms with Gasteiger partial charge in [0.25, 0.3) is 0 Å². The van der Waals surface area contributed by atoms with Crippen LogP contribution in [0.25, 0.3) is 0 Å². The standard InChI is InChI=1S/C26H43N5O6S/c1-16(2)14-21(30-23(33)19(28)11-13-38-3)24(34)31-22(15-17-7-9-18(32)10-8-17)25(35)29-20(26(36)37)6-4-5-12-27/h7-10,16,19-22,32H,4-6,11-15,27-28H2,1-3H3,(H,29,35)(H,30,33)(H,31,34)(H,36,37). The number of unbranched alkanes of at least 4 members (excludes halogenated alkanes) is 1. The molecule has 0 saturated carbocycles. The number of hydrogen-bond donors (Lipinski definition) is 7. The Kier molecular flexibility index (Phi) is 15.4. The third-order valence-electron chi connectivity index (χ3n) is 5.88. The lowest BCUT2D eigenvalue weighted by atomic mass is 10.00. The summed E-state index contributed by atoms with van der Waals surface area (Å²) in [6.45, 7) is 4.21.